The molecule has 0 aliphatic heterocycles. The molecule has 0 unspecified atom stereocenters. The average Bonchev–Trinajstić information content (AvgIpc) is 3.04. The molecule has 2 rings (SSSR count). The topological polar surface area (TPSA) is 78.6 Å². The quantitative estimate of drug-likeness (QED) is 0.791. The number of thiophene rings is 1. The lowest BCUT2D eigenvalue weighted by Crippen LogP contribution is -2.10. The van der Waals surface area contributed by atoms with E-state index in [4.69, 9.17) is 4.42 Å². The summed E-state index contributed by atoms with van der Waals surface area (Å²) in [6, 6.07) is 1.76. The Morgan fingerprint density at radius 1 is 1.28 bits per heavy atom. The molecule has 0 radical (unpaired) electrons. The predicted octanol–water partition coefficient (Wildman–Crippen LogP) is 1.98. The number of oxazole rings is 1. The Bertz CT molecular complexity index is 539. The van der Waals surface area contributed by atoms with Crippen molar-refractivity contribution < 1.29 is 23.5 Å². The first-order valence-electron chi connectivity index (χ1n) is 4.87. The zero-order valence-electron chi connectivity index (χ0n) is 9.63. The van der Waals surface area contributed by atoms with Crippen molar-refractivity contribution in [3.63, 3.8) is 0 Å². The number of hydrogen-bond donors (Lipinski definition) is 0. The van der Waals surface area contributed by atoms with Gasteiger partial charge in [-0.05, 0) is 11.4 Å². The number of aromatic nitrogens is 1. The number of esters is 2. The van der Waals surface area contributed by atoms with Crippen molar-refractivity contribution in [3.8, 4) is 11.5 Å². The molecular formula is C11H9NO5S. The molecular weight excluding hydrogens is 258 g/mol. The van der Waals surface area contributed by atoms with Crippen molar-refractivity contribution >= 4 is 23.3 Å². The Hall–Kier alpha value is -2.15. The molecule has 0 N–H and O–H groups in total. The molecule has 7 heteroatoms. The van der Waals surface area contributed by atoms with Gasteiger partial charge in [-0.15, -0.1) is 0 Å². The highest BCUT2D eigenvalue weighted by atomic mass is 32.1. The van der Waals surface area contributed by atoms with Crippen molar-refractivity contribution in [1.82, 2.24) is 4.98 Å². The third-order valence-electron chi connectivity index (χ3n) is 2.14. The van der Waals surface area contributed by atoms with Crippen LogP contribution in [0.15, 0.2) is 21.2 Å². The van der Waals surface area contributed by atoms with E-state index < -0.39 is 11.9 Å². The summed E-state index contributed by atoms with van der Waals surface area (Å²) in [7, 11) is 2.39. The smallest absolute Gasteiger partial charge is 0.376 e. The highest BCUT2D eigenvalue weighted by molar-refractivity contribution is 7.08. The second kappa shape index (κ2) is 5.01. The zero-order valence-corrected chi connectivity index (χ0v) is 10.4. The Labute approximate surface area is 106 Å². The van der Waals surface area contributed by atoms with Crippen LogP contribution in [0.25, 0.3) is 11.5 Å². The van der Waals surface area contributed by atoms with Crippen molar-refractivity contribution in [3.05, 3.63) is 28.3 Å². The number of carbonyl (C=O) groups is 2. The Morgan fingerprint density at radius 2 is 2.00 bits per heavy atom. The Kier molecular flexibility index (Phi) is 3.42. The van der Waals surface area contributed by atoms with Crippen molar-refractivity contribution in [2.75, 3.05) is 14.2 Å². The van der Waals surface area contributed by atoms with Crippen LogP contribution < -0.4 is 0 Å². The van der Waals surface area contributed by atoms with Gasteiger partial charge in [0.1, 0.15) is 0 Å². The molecule has 0 bridgehead atoms. The maximum atomic E-state index is 11.5. The SMILES string of the molecule is COC(=O)c1nc(-c2ccsc2)oc1C(=O)OC. The fourth-order valence-corrected chi connectivity index (χ4v) is 1.93. The van der Waals surface area contributed by atoms with Gasteiger partial charge in [0.25, 0.3) is 0 Å². The third kappa shape index (κ3) is 2.12. The standard InChI is InChI=1S/C11H9NO5S/c1-15-10(13)7-8(11(14)16-2)17-9(12-7)6-3-4-18-5-6/h3-5H,1-2H3. The van der Waals surface area contributed by atoms with E-state index in [9.17, 15) is 9.59 Å². The lowest BCUT2D eigenvalue weighted by molar-refractivity contribution is 0.0527. The molecule has 0 saturated carbocycles. The predicted molar refractivity (Wildman–Crippen MR) is 62.5 cm³/mol. The van der Waals surface area contributed by atoms with E-state index >= 15 is 0 Å². The fourth-order valence-electron chi connectivity index (χ4n) is 1.30. The largest absolute Gasteiger partial charge is 0.464 e. The highest BCUT2D eigenvalue weighted by Gasteiger charge is 2.27. The Balaban J connectivity index is 2.50. The van der Waals surface area contributed by atoms with E-state index in [0.717, 1.165) is 0 Å². The number of nitrogens with zero attached hydrogens (tertiary/aromatic N) is 1. The van der Waals surface area contributed by atoms with E-state index in [2.05, 4.69) is 14.5 Å². The summed E-state index contributed by atoms with van der Waals surface area (Å²) in [5, 5.41) is 3.61. The van der Waals surface area contributed by atoms with Gasteiger partial charge in [-0.25, -0.2) is 14.6 Å². The average molecular weight is 267 g/mol. The van der Waals surface area contributed by atoms with Crippen LogP contribution in [0.2, 0.25) is 0 Å². The number of ether oxygens (including phenoxy) is 2. The van der Waals surface area contributed by atoms with Crippen molar-refractivity contribution in [1.29, 1.82) is 0 Å². The molecule has 0 atom stereocenters. The van der Waals surface area contributed by atoms with Crippen molar-refractivity contribution in [2.45, 2.75) is 0 Å². The van der Waals surface area contributed by atoms with Gasteiger partial charge in [0.2, 0.25) is 17.3 Å². The van der Waals surface area contributed by atoms with Crippen LogP contribution in [0.5, 0.6) is 0 Å². The molecule has 94 valence electrons. The van der Waals surface area contributed by atoms with E-state index in [1.165, 1.54) is 25.6 Å². The molecule has 2 aromatic heterocycles. The van der Waals surface area contributed by atoms with Gasteiger partial charge in [0.05, 0.1) is 14.2 Å². The minimum absolute atomic E-state index is 0.178. The molecule has 2 heterocycles. The van der Waals surface area contributed by atoms with Crippen LogP contribution in [0.3, 0.4) is 0 Å². The summed E-state index contributed by atoms with van der Waals surface area (Å²) in [4.78, 5) is 26.9. The van der Waals surface area contributed by atoms with Gasteiger partial charge in [-0.2, -0.15) is 11.3 Å². The minimum atomic E-state index is -0.774. The van der Waals surface area contributed by atoms with Crippen LogP contribution in [-0.4, -0.2) is 31.1 Å². The monoisotopic (exact) mass is 267 g/mol. The Morgan fingerprint density at radius 3 is 2.56 bits per heavy atom. The summed E-state index contributed by atoms with van der Waals surface area (Å²) in [6.45, 7) is 0. The van der Waals surface area contributed by atoms with E-state index in [1.54, 1.807) is 11.4 Å². The molecule has 0 aliphatic rings. The van der Waals surface area contributed by atoms with Crippen LogP contribution >= 0.6 is 11.3 Å². The third-order valence-corrected chi connectivity index (χ3v) is 2.83. The number of rotatable bonds is 3. The van der Waals surface area contributed by atoms with Gasteiger partial charge >= 0.3 is 11.9 Å². The summed E-state index contributed by atoms with van der Waals surface area (Å²) >= 11 is 1.45. The summed E-state index contributed by atoms with van der Waals surface area (Å²) in [5.74, 6) is -1.60. The number of carbonyl (C=O) groups excluding carboxylic acids is 2. The molecule has 18 heavy (non-hydrogen) atoms. The fraction of sp³-hybridized carbons (Fsp3) is 0.182. The lowest BCUT2D eigenvalue weighted by atomic mass is 10.3. The van der Waals surface area contributed by atoms with Crippen LogP contribution in [-0.2, 0) is 9.47 Å². The molecule has 0 amide bonds. The summed E-state index contributed by atoms with van der Waals surface area (Å²) in [5.41, 5.74) is 0.492. The van der Waals surface area contributed by atoms with E-state index in [-0.39, 0.29) is 17.3 Å². The minimum Gasteiger partial charge on any atom is -0.464 e. The molecule has 0 aromatic carbocycles. The normalized spacial score (nSPS) is 10.1. The van der Waals surface area contributed by atoms with Gasteiger partial charge in [-0.1, -0.05) is 0 Å². The molecule has 0 saturated heterocycles. The molecule has 0 fully saturated rings. The number of methoxy groups -OCH3 is 2. The van der Waals surface area contributed by atoms with Gasteiger partial charge in [0, 0.05) is 10.9 Å². The second-order valence-electron chi connectivity index (χ2n) is 3.19. The maximum absolute atomic E-state index is 11.5. The first kappa shape index (κ1) is 12.3. The molecule has 0 spiro atoms. The maximum Gasteiger partial charge on any atom is 0.376 e. The summed E-state index contributed by atoms with van der Waals surface area (Å²) in [6.07, 6.45) is 0. The van der Waals surface area contributed by atoms with Crippen LogP contribution in [0.1, 0.15) is 21.0 Å². The molecule has 2 aromatic rings. The van der Waals surface area contributed by atoms with Gasteiger partial charge < -0.3 is 13.9 Å². The summed E-state index contributed by atoms with van der Waals surface area (Å²) < 4.78 is 14.3. The first-order chi connectivity index (χ1) is 8.67. The lowest BCUT2D eigenvalue weighted by Gasteiger charge is -1.96. The second-order valence-corrected chi connectivity index (χ2v) is 3.97. The molecule has 0 aliphatic carbocycles. The van der Waals surface area contributed by atoms with Gasteiger partial charge in [0.15, 0.2) is 0 Å². The molecule has 6 nitrogen and oxygen atoms in total. The first-order valence-corrected chi connectivity index (χ1v) is 5.81. The van der Waals surface area contributed by atoms with Crippen LogP contribution in [0, 0.1) is 0 Å². The van der Waals surface area contributed by atoms with E-state index in [0.29, 0.717) is 5.56 Å². The van der Waals surface area contributed by atoms with Crippen LogP contribution in [0.4, 0.5) is 0 Å². The van der Waals surface area contributed by atoms with Crippen molar-refractivity contribution in [2.24, 2.45) is 0 Å². The van der Waals surface area contributed by atoms with E-state index in [1.807, 2.05) is 5.38 Å². The zero-order chi connectivity index (χ0) is 13.1. The highest BCUT2D eigenvalue weighted by Crippen LogP contribution is 2.25. The van der Waals surface area contributed by atoms with Gasteiger partial charge in [-0.3, -0.25) is 0 Å². The number of hydrogen-bond acceptors (Lipinski definition) is 7.